The standard InChI is InChI=1S/C4H4O3/c5-2-1-3-4(6)7-3/h2-3H,1H2. The van der Waals surface area contributed by atoms with Gasteiger partial charge in [-0.25, -0.2) is 4.79 Å². The van der Waals surface area contributed by atoms with E-state index >= 15 is 0 Å². The molecule has 0 aromatic rings. The average molecular weight is 100 g/mol. The Balaban J connectivity index is 2.20. The highest BCUT2D eigenvalue weighted by Gasteiger charge is 2.36. The third-order valence-electron chi connectivity index (χ3n) is 0.774. The molecule has 1 aliphatic rings. The topological polar surface area (TPSA) is 46.7 Å². The van der Waals surface area contributed by atoms with Crippen LogP contribution in [-0.4, -0.2) is 18.4 Å². The van der Waals surface area contributed by atoms with E-state index in [0.717, 1.165) is 0 Å². The predicted molar refractivity (Wildman–Crippen MR) is 20.6 cm³/mol. The van der Waals surface area contributed by atoms with Crippen LogP contribution in [0, 0.1) is 0 Å². The molecule has 0 saturated carbocycles. The number of aldehydes is 1. The highest BCUT2D eigenvalue weighted by atomic mass is 16.6. The highest BCUT2D eigenvalue weighted by molar-refractivity contribution is 5.89. The molecule has 1 rings (SSSR count). The minimum atomic E-state index is -0.391. The van der Waals surface area contributed by atoms with Gasteiger partial charge in [-0.2, -0.15) is 0 Å². The molecule has 1 saturated heterocycles. The van der Waals surface area contributed by atoms with Gasteiger partial charge in [0.05, 0.1) is 6.42 Å². The van der Waals surface area contributed by atoms with Crippen LogP contribution < -0.4 is 0 Å². The van der Waals surface area contributed by atoms with Crippen LogP contribution in [0.4, 0.5) is 0 Å². The zero-order valence-electron chi connectivity index (χ0n) is 3.59. The summed E-state index contributed by atoms with van der Waals surface area (Å²) in [6.45, 7) is 0. The molecule has 1 fully saturated rings. The molecule has 0 radical (unpaired) electrons. The summed E-state index contributed by atoms with van der Waals surface area (Å²) in [5, 5.41) is 0. The fourth-order valence-corrected chi connectivity index (χ4v) is 0.338. The molecule has 0 spiro atoms. The van der Waals surface area contributed by atoms with Crippen molar-refractivity contribution in [3.63, 3.8) is 0 Å². The van der Waals surface area contributed by atoms with Crippen molar-refractivity contribution in [3.05, 3.63) is 0 Å². The van der Waals surface area contributed by atoms with Gasteiger partial charge in [0.1, 0.15) is 6.29 Å². The number of hydrogen-bond donors (Lipinski definition) is 0. The second-order valence-electron chi connectivity index (χ2n) is 1.33. The van der Waals surface area contributed by atoms with Crippen LogP contribution in [0.1, 0.15) is 6.42 Å². The van der Waals surface area contributed by atoms with E-state index in [1.807, 2.05) is 0 Å². The number of carbonyl (C=O) groups excluding carboxylic acids is 2. The van der Waals surface area contributed by atoms with Gasteiger partial charge in [-0.05, 0) is 0 Å². The van der Waals surface area contributed by atoms with Crippen LogP contribution in [0.2, 0.25) is 0 Å². The first-order chi connectivity index (χ1) is 3.34. The zero-order chi connectivity index (χ0) is 5.28. The van der Waals surface area contributed by atoms with Crippen molar-refractivity contribution >= 4 is 12.3 Å². The van der Waals surface area contributed by atoms with E-state index in [2.05, 4.69) is 4.74 Å². The molecule has 3 heteroatoms. The van der Waals surface area contributed by atoms with Gasteiger partial charge in [0, 0.05) is 0 Å². The summed E-state index contributed by atoms with van der Waals surface area (Å²) in [6, 6.07) is 0. The Labute approximate surface area is 40.3 Å². The molecular formula is C4H4O3. The summed E-state index contributed by atoms with van der Waals surface area (Å²) in [7, 11) is 0. The monoisotopic (exact) mass is 100 g/mol. The first kappa shape index (κ1) is 4.30. The Morgan fingerprint density at radius 1 is 1.86 bits per heavy atom. The van der Waals surface area contributed by atoms with E-state index in [9.17, 15) is 9.59 Å². The summed E-state index contributed by atoms with van der Waals surface area (Å²) in [5.74, 6) is -0.257. The van der Waals surface area contributed by atoms with Crippen molar-refractivity contribution in [2.45, 2.75) is 12.5 Å². The second-order valence-corrected chi connectivity index (χ2v) is 1.33. The van der Waals surface area contributed by atoms with Crippen molar-refractivity contribution in [1.29, 1.82) is 0 Å². The summed E-state index contributed by atoms with van der Waals surface area (Å²) in [4.78, 5) is 19.5. The van der Waals surface area contributed by atoms with Crippen molar-refractivity contribution in [2.24, 2.45) is 0 Å². The van der Waals surface area contributed by atoms with E-state index in [4.69, 9.17) is 0 Å². The maximum absolute atomic E-state index is 9.90. The van der Waals surface area contributed by atoms with Crippen molar-refractivity contribution in [1.82, 2.24) is 0 Å². The van der Waals surface area contributed by atoms with E-state index in [1.165, 1.54) is 0 Å². The molecule has 1 atom stereocenters. The Kier molecular flexibility index (Phi) is 0.817. The Bertz CT molecular complexity index is 108. The predicted octanol–water partition coefficient (Wildman–Crippen LogP) is -0.499. The number of cyclic esters (lactones) is 1. The second kappa shape index (κ2) is 1.33. The quantitative estimate of drug-likeness (QED) is 0.347. The summed E-state index contributed by atoms with van der Waals surface area (Å²) >= 11 is 0. The smallest absolute Gasteiger partial charge is 0.348 e. The lowest BCUT2D eigenvalue weighted by atomic mass is 10.4. The summed E-state index contributed by atoms with van der Waals surface area (Å²) in [5.41, 5.74) is 0. The first-order valence-electron chi connectivity index (χ1n) is 1.98. The number of hydrogen-bond acceptors (Lipinski definition) is 3. The van der Waals surface area contributed by atoms with Gasteiger partial charge in [-0.15, -0.1) is 0 Å². The highest BCUT2D eigenvalue weighted by Crippen LogP contribution is 2.13. The molecule has 1 aliphatic heterocycles. The van der Waals surface area contributed by atoms with E-state index in [-0.39, 0.29) is 12.4 Å². The molecule has 0 aromatic heterocycles. The maximum Gasteiger partial charge on any atom is 0.348 e. The molecule has 0 aliphatic carbocycles. The lowest BCUT2D eigenvalue weighted by Crippen LogP contribution is -1.85. The fourth-order valence-electron chi connectivity index (χ4n) is 0.338. The molecule has 1 heterocycles. The summed E-state index contributed by atoms with van der Waals surface area (Å²) < 4.78 is 4.29. The number of epoxide rings is 1. The van der Waals surface area contributed by atoms with Crippen molar-refractivity contribution < 1.29 is 14.3 Å². The lowest BCUT2D eigenvalue weighted by molar-refractivity contribution is -0.117. The largest absolute Gasteiger partial charge is 0.447 e. The Morgan fingerprint density at radius 3 is 2.57 bits per heavy atom. The van der Waals surface area contributed by atoms with Gasteiger partial charge >= 0.3 is 5.97 Å². The van der Waals surface area contributed by atoms with Gasteiger partial charge in [-0.3, -0.25) is 0 Å². The molecule has 3 nitrogen and oxygen atoms in total. The normalized spacial score (nSPS) is 26.3. The molecule has 38 valence electrons. The minimum absolute atomic E-state index is 0.221. The number of rotatable bonds is 2. The zero-order valence-corrected chi connectivity index (χ0v) is 3.59. The van der Waals surface area contributed by atoms with E-state index in [1.54, 1.807) is 0 Å². The summed E-state index contributed by atoms with van der Waals surface area (Å²) in [6.07, 6.45) is 0.506. The van der Waals surface area contributed by atoms with Gasteiger partial charge in [0.25, 0.3) is 0 Å². The van der Waals surface area contributed by atoms with E-state index < -0.39 is 6.10 Å². The van der Waals surface area contributed by atoms with Crippen LogP contribution >= 0.6 is 0 Å². The number of ether oxygens (including phenoxy) is 1. The minimum Gasteiger partial charge on any atom is -0.447 e. The molecule has 1 unspecified atom stereocenters. The first-order valence-corrected chi connectivity index (χ1v) is 1.98. The maximum atomic E-state index is 9.90. The molecule has 0 bridgehead atoms. The molecular weight excluding hydrogens is 96.0 g/mol. The van der Waals surface area contributed by atoms with Gasteiger partial charge in [-0.1, -0.05) is 0 Å². The van der Waals surface area contributed by atoms with Crippen molar-refractivity contribution in [2.75, 3.05) is 0 Å². The van der Waals surface area contributed by atoms with Crippen LogP contribution in [0.15, 0.2) is 0 Å². The Hall–Kier alpha value is -0.860. The molecule has 0 aromatic carbocycles. The third-order valence-corrected chi connectivity index (χ3v) is 0.774. The van der Waals surface area contributed by atoms with Crippen LogP contribution in [0.3, 0.4) is 0 Å². The fraction of sp³-hybridized carbons (Fsp3) is 0.500. The van der Waals surface area contributed by atoms with Gasteiger partial charge < -0.3 is 9.53 Å². The van der Waals surface area contributed by atoms with Gasteiger partial charge in [0.15, 0.2) is 0 Å². The van der Waals surface area contributed by atoms with Crippen LogP contribution in [0.25, 0.3) is 0 Å². The molecule has 0 amide bonds. The lowest BCUT2D eigenvalue weighted by Gasteiger charge is -1.66. The average Bonchev–Trinajstić information content (AvgIpc) is 2.22. The van der Waals surface area contributed by atoms with E-state index in [0.29, 0.717) is 6.29 Å². The van der Waals surface area contributed by atoms with Crippen LogP contribution in [-0.2, 0) is 14.3 Å². The number of carbonyl (C=O) groups is 2. The van der Waals surface area contributed by atoms with Crippen LogP contribution in [0.5, 0.6) is 0 Å². The Morgan fingerprint density at radius 2 is 2.43 bits per heavy atom. The van der Waals surface area contributed by atoms with Gasteiger partial charge in [0.2, 0.25) is 6.10 Å². The molecule has 0 N–H and O–H groups in total. The third kappa shape index (κ3) is 0.765. The van der Waals surface area contributed by atoms with Crippen molar-refractivity contribution in [3.8, 4) is 0 Å². The molecule has 7 heavy (non-hydrogen) atoms. The SMILES string of the molecule is O=CCC1OC1=O.